The number of piperazine rings is 1. The molecule has 1 fully saturated rings. The minimum Gasteiger partial charge on any atom is -0.337 e. The molecule has 4 heteroatoms. The number of halogens is 1. The number of carbonyl (C=O) groups excluding carboxylic acids is 1. The van der Waals surface area contributed by atoms with Gasteiger partial charge in [-0.2, -0.15) is 0 Å². The highest BCUT2D eigenvalue weighted by Crippen LogP contribution is 2.12. The van der Waals surface area contributed by atoms with E-state index in [1.165, 1.54) is 12.1 Å². The Morgan fingerprint density at radius 2 is 2.06 bits per heavy atom. The summed E-state index contributed by atoms with van der Waals surface area (Å²) >= 11 is 0. The van der Waals surface area contributed by atoms with Crippen LogP contribution in [0, 0.1) is 5.82 Å². The van der Waals surface area contributed by atoms with Crippen molar-refractivity contribution in [2.24, 2.45) is 0 Å². The molecule has 2 atom stereocenters. The first-order valence-corrected chi connectivity index (χ1v) is 6.35. The molecule has 98 valence electrons. The molecule has 1 N–H and O–H groups in total. The fourth-order valence-corrected chi connectivity index (χ4v) is 2.29. The summed E-state index contributed by atoms with van der Waals surface area (Å²) in [5.74, 6) is -0.155. The van der Waals surface area contributed by atoms with E-state index in [1.54, 1.807) is 12.1 Å². The molecule has 0 bridgehead atoms. The molecule has 2 unspecified atom stereocenters. The standard InChI is InChI=1S/C14H19FN2O/c1-10-11(2)17(8-7-16-10)14(18)9-12-3-5-13(15)6-4-12/h3-6,10-11,16H,7-9H2,1-2H3. The van der Waals surface area contributed by atoms with Crippen molar-refractivity contribution in [3.05, 3.63) is 35.6 Å². The highest BCUT2D eigenvalue weighted by molar-refractivity contribution is 5.79. The van der Waals surface area contributed by atoms with E-state index in [0.29, 0.717) is 12.5 Å². The maximum absolute atomic E-state index is 12.8. The van der Waals surface area contributed by atoms with E-state index in [4.69, 9.17) is 0 Å². The van der Waals surface area contributed by atoms with Crippen LogP contribution in [0.25, 0.3) is 0 Å². The summed E-state index contributed by atoms with van der Waals surface area (Å²) in [6, 6.07) is 6.65. The van der Waals surface area contributed by atoms with Gasteiger partial charge in [0.1, 0.15) is 5.82 Å². The van der Waals surface area contributed by atoms with Crippen LogP contribution in [-0.4, -0.2) is 36.0 Å². The van der Waals surface area contributed by atoms with Crippen molar-refractivity contribution >= 4 is 5.91 Å². The Labute approximate surface area is 107 Å². The molecule has 1 aliphatic rings. The Bertz CT molecular complexity index is 418. The normalized spacial score (nSPS) is 24.1. The lowest BCUT2D eigenvalue weighted by molar-refractivity contribution is -0.134. The first-order valence-electron chi connectivity index (χ1n) is 6.35. The number of rotatable bonds is 2. The molecule has 0 saturated carbocycles. The topological polar surface area (TPSA) is 32.3 Å². The SMILES string of the molecule is CC1NCCN(C(=O)Cc2ccc(F)cc2)C1C. The van der Waals surface area contributed by atoms with Crippen molar-refractivity contribution < 1.29 is 9.18 Å². The van der Waals surface area contributed by atoms with Gasteiger partial charge in [0.15, 0.2) is 0 Å². The number of carbonyl (C=O) groups is 1. The maximum atomic E-state index is 12.8. The van der Waals surface area contributed by atoms with Crippen LogP contribution in [0.1, 0.15) is 19.4 Å². The van der Waals surface area contributed by atoms with Crippen molar-refractivity contribution in [3.63, 3.8) is 0 Å². The van der Waals surface area contributed by atoms with Gasteiger partial charge in [-0.1, -0.05) is 12.1 Å². The lowest BCUT2D eigenvalue weighted by atomic mass is 10.1. The zero-order valence-electron chi connectivity index (χ0n) is 10.8. The number of nitrogens with one attached hydrogen (secondary N) is 1. The van der Waals surface area contributed by atoms with E-state index in [1.807, 2.05) is 4.90 Å². The number of hydrogen-bond acceptors (Lipinski definition) is 2. The van der Waals surface area contributed by atoms with E-state index >= 15 is 0 Å². The molecule has 0 spiro atoms. The van der Waals surface area contributed by atoms with Crippen LogP contribution in [0.5, 0.6) is 0 Å². The Balaban J connectivity index is 2.01. The fourth-order valence-electron chi connectivity index (χ4n) is 2.29. The number of hydrogen-bond donors (Lipinski definition) is 1. The monoisotopic (exact) mass is 250 g/mol. The highest BCUT2D eigenvalue weighted by Gasteiger charge is 2.27. The zero-order chi connectivity index (χ0) is 13.1. The summed E-state index contributed by atoms with van der Waals surface area (Å²) in [6.45, 7) is 5.72. The summed E-state index contributed by atoms with van der Waals surface area (Å²) in [6.07, 6.45) is 0.345. The van der Waals surface area contributed by atoms with Crippen LogP contribution in [0.4, 0.5) is 4.39 Å². The molecule has 1 heterocycles. The quantitative estimate of drug-likeness (QED) is 0.864. The molecular formula is C14H19FN2O. The van der Waals surface area contributed by atoms with Crippen LogP contribution in [0.15, 0.2) is 24.3 Å². The molecule has 1 aromatic carbocycles. The van der Waals surface area contributed by atoms with Gasteiger partial charge in [-0.25, -0.2) is 4.39 Å². The summed E-state index contributed by atoms with van der Waals surface area (Å²) < 4.78 is 12.8. The number of amides is 1. The Morgan fingerprint density at radius 1 is 1.39 bits per heavy atom. The van der Waals surface area contributed by atoms with Crippen molar-refractivity contribution in [1.29, 1.82) is 0 Å². The highest BCUT2D eigenvalue weighted by atomic mass is 19.1. The van der Waals surface area contributed by atoms with Crippen molar-refractivity contribution in [2.45, 2.75) is 32.4 Å². The van der Waals surface area contributed by atoms with E-state index < -0.39 is 0 Å². The average Bonchev–Trinajstić information content (AvgIpc) is 2.35. The van der Waals surface area contributed by atoms with Gasteiger partial charge in [0.25, 0.3) is 0 Å². The molecule has 1 aliphatic heterocycles. The molecule has 0 radical (unpaired) electrons. The number of nitrogens with zero attached hydrogens (tertiary/aromatic N) is 1. The second kappa shape index (κ2) is 5.48. The molecule has 2 rings (SSSR count). The van der Waals surface area contributed by atoms with Crippen LogP contribution < -0.4 is 5.32 Å². The maximum Gasteiger partial charge on any atom is 0.227 e. The minimum atomic E-state index is -0.268. The first kappa shape index (κ1) is 13.0. The summed E-state index contributed by atoms with van der Waals surface area (Å²) in [7, 11) is 0. The zero-order valence-corrected chi connectivity index (χ0v) is 10.8. The van der Waals surface area contributed by atoms with E-state index in [0.717, 1.165) is 18.7 Å². The Morgan fingerprint density at radius 3 is 2.72 bits per heavy atom. The lowest BCUT2D eigenvalue weighted by Gasteiger charge is -2.38. The minimum absolute atomic E-state index is 0.113. The van der Waals surface area contributed by atoms with Crippen LogP contribution in [0.3, 0.4) is 0 Å². The molecule has 0 aromatic heterocycles. The Kier molecular flexibility index (Phi) is 3.97. The third kappa shape index (κ3) is 2.88. The molecule has 1 amide bonds. The van der Waals surface area contributed by atoms with Gasteiger partial charge in [-0.15, -0.1) is 0 Å². The van der Waals surface area contributed by atoms with Crippen molar-refractivity contribution in [3.8, 4) is 0 Å². The first-order chi connectivity index (χ1) is 8.58. The molecule has 3 nitrogen and oxygen atoms in total. The average molecular weight is 250 g/mol. The smallest absolute Gasteiger partial charge is 0.227 e. The molecule has 1 saturated heterocycles. The molecule has 18 heavy (non-hydrogen) atoms. The van der Waals surface area contributed by atoms with Crippen molar-refractivity contribution in [2.75, 3.05) is 13.1 Å². The third-order valence-corrected chi connectivity index (χ3v) is 3.62. The van der Waals surface area contributed by atoms with Gasteiger partial charge in [-0.3, -0.25) is 4.79 Å². The van der Waals surface area contributed by atoms with Gasteiger partial charge >= 0.3 is 0 Å². The fraction of sp³-hybridized carbons (Fsp3) is 0.500. The second-order valence-corrected chi connectivity index (χ2v) is 4.87. The van der Waals surface area contributed by atoms with Crippen molar-refractivity contribution in [1.82, 2.24) is 10.2 Å². The van der Waals surface area contributed by atoms with Gasteiger partial charge in [0, 0.05) is 25.2 Å². The van der Waals surface area contributed by atoms with Gasteiger partial charge in [0.05, 0.1) is 6.42 Å². The van der Waals surface area contributed by atoms with E-state index in [2.05, 4.69) is 19.2 Å². The number of benzene rings is 1. The summed E-state index contributed by atoms with van der Waals surface area (Å²) in [4.78, 5) is 14.1. The molecular weight excluding hydrogens is 231 g/mol. The third-order valence-electron chi connectivity index (χ3n) is 3.62. The van der Waals surface area contributed by atoms with Gasteiger partial charge < -0.3 is 10.2 Å². The predicted molar refractivity (Wildman–Crippen MR) is 68.7 cm³/mol. The molecule has 1 aromatic rings. The lowest BCUT2D eigenvalue weighted by Crippen LogP contribution is -2.57. The predicted octanol–water partition coefficient (Wildman–Crippen LogP) is 1.58. The van der Waals surface area contributed by atoms with Crippen LogP contribution in [-0.2, 0) is 11.2 Å². The van der Waals surface area contributed by atoms with Gasteiger partial charge in [0.2, 0.25) is 5.91 Å². The van der Waals surface area contributed by atoms with E-state index in [-0.39, 0.29) is 17.8 Å². The summed E-state index contributed by atoms with van der Waals surface area (Å²) in [5.41, 5.74) is 0.861. The van der Waals surface area contributed by atoms with Gasteiger partial charge in [-0.05, 0) is 31.5 Å². The second-order valence-electron chi connectivity index (χ2n) is 4.87. The van der Waals surface area contributed by atoms with E-state index in [9.17, 15) is 9.18 Å². The summed E-state index contributed by atoms with van der Waals surface area (Å²) in [5, 5.41) is 3.34. The van der Waals surface area contributed by atoms with Crippen LogP contribution >= 0.6 is 0 Å². The largest absolute Gasteiger partial charge is 0.337 e. The molecule has 0 aliphatic carbocycles. The van der Waals surface area contributed by atoms with Crippen LogP contribution in [0.2, 0.25) is 0 Å². The Hall–Kier alpha value is -1.42.